The van der Waals surface area contributed by atoms with Gasteiger partial charge >= 0.3 is 0 Å². The lowest BCUT2D eigenvalue weighted by Crippen LogP contribution is -2.14. The van der Waals surface area contributed by atoms with E-state index < -0.39 is 5.91 Å². The number of nitriles is 1. The van der Waals surface area contributed by atoms with Crippen molar-refractivity contribution in [3.63, 3.8) is 0 Å². The normalized spacial score (nSPS) is 10.5. The van der Waals surface area contributed by atoms with Gasteiger partial charge in [-0.3, -0.25) is 4.79 Å². The maximum absolute atomic E-state index is 12.0. The first-order valence-electron chi connectivity index (χ1n) is 6.60. The number of ether oxygens (including phenoxy) is 1. The van der Waals surface area contributed by atoms with Crippen LogP contribution in [0.4, 0.5) is 11.4 Å². The first-order chi connectivity index (χ1) is 10.7. The van der Waals surface area contributed by atoms with Gasteiger partial charge in [-0.2, -0.15) is 5.26 Å². The van der Waals surface area contributed by atoms with Crippen LogP contribution in [-0.4, -0.2) is 13.0 Å². The van der Waals surface area contributed by atoms with E-state index in [2.05, 4.69) is 10.6 Å². The van der Waals surface area contributed by atoms with E-state index in [-0.39, 0.29) is 5.57 Å². The lowest BCUT2D eigenvalue weighted by atomic mass is 10.2. The Bertz CT molecular complexity index is 701. The molecule has 2 N–H and O–H groups in total. The zero-order valence-electron chi connectivity index (χ0n) is 12.0. The third kappa shape index (κ3) is 4.12. The Morgan fingerprint density at radius 1 is 1.09 bits per heavy atom. The summed E-state index contributed by atoms with van der Waals surface area (Å²) in [4.78, 5) is 12.0. The lowest BCUT2D eigenvalue weighted by molar-refractivity contribution is -0.112. The molecule has 2 aromatic rings. The van der Waals surface area contributed by atoms with E-state index in [1.54, 1.807) is 55.6 Å². The predicted octanol–water partition coefficient (Wildman–Crippen LogP) is 3.15. The van der Waals surface area contributed by atoms with Crippen molar-refractivity contribution < 1.29 is 9.53 Å². The molecule has 2 aromatic carbocycles. The fourth-order valence-electron chi connectivity index (χ4n) is 1.71. The Balaban J connectivity index is 2.03. The lowest BCUT2D eigenvalue weighted by Gasteiger charge is -2.05. The summed E-state index contributed by atoms with van der Waals surface area (Å²) in [7, 11) is 1.59. The van der Waals surface area contributed by atoms with Gasteiger partial charge in [0, 0.05) is 17.6 Å². The van der Waals surface area contributed by atoms with E-state index in [4.69, 9.17) is 10.00 Å². The number of hydrogen-bond acceptors (Lipinski definition) is 4. The Morgan fingerprint density at radius 3 is 2.36 bits per heavy atom. The highest BCUT2D eigenvalue weighted by molar-refractivity contribution is 6.06. The molecule has 0 aliphatic heterocycles. The van der Waals surface area contributed by atoms with Gasteiger partial charge in [0.2, 0.25) is 0 Å². The van der Waals surface area contributed by atoms with Crippen LogP contribution in [0.1, 0.15) is 0 Å². The second-order valence-corrected chi connectivity index (χ2v) is 4.36. The summed E-state index contributed by atoms with van der Waals surface area (Å²) in [6, 6.07) is 18.0. The number of carbonyl (C=O) groups excluding carboxylic acids is 1. The fourth-order valence-corrected chi connectivity index (χ4v) is 1.71. The van der Waals surface area contributed by atoms with Crippen molar-refractivity contribution in [1.29, 1.82) is 5.26 Å². The van der Waals surface area contributed by atoms with Crippen LogP contribution < -0.4 is 15.4 Å². The summed E-state index contributed by atoms with van der Waals surface area (Å²) in [5.41, 5.74) is 1.37. The van der Waals surface area contributed by atoms with Gasteiger partial charge in [-0.05, 0) is 36.4 Å². The molecule has 0 aliphatic rings. The van der Waals surface area contributed by atoms with Crippen LogP contribution in [0.3, 0.4) is 0 Å². The molecule has 0 spiro atoms. The fraction of sp³-hybridized carbons (Fsp3) is 0.0588. The highest BCUT2D eigenvalue weighted by Crippen LogP contribution is 2.15. The summed E-state index contributed by atoms with van der Waals surface area (Å²) in [6.45, 7) is 0. The molecule has 0 saturated heterocycles. The molecule has 1 amide bonds. The van der Waals surface area contributed by atoms with Gasteiger partial charge in [0.1, 0.15) is 17.4 Å². The Kier molecular flexibility index (Phi) is 5.16. The molecule has 0 aliphatic carbocycles. The molecular weight excluding hydrogens is 278 g/mol. The Hall–Kier alpha value is -3.26. The number of methoxy groups -OCH3 is 1. The maximum atomic E-state index is 12.0. The molecule has 0 heterocycles. The summed E-state index contributed by atoms with van der Waals surface area (Å²) in [5.74, 6) is 0.270. The number of amides is 1. The molecule has 0 bridgehead atoms. The third-order valence-corrected chi connectivity index (χ3v) is 2.87. The van der Waals surface area contributed by atoms with Crippen LogP contribution in [-0.2, 0) is 4.79 Å². The van der Waals surface area contributed by atoms with Crippen LogP contribution in [0.25, 0.3) is 0 Å². The molecule has 0 fully saturated rings. The molecular formula is C17H15N3O2. The number of carbonyl (C=O) groups is 1. The standard InChI is InChI=1S/C17H15N3O2/c1-22-16-9-7-14(8-10-16)19-12-13(11-18)17(21)20-15-5-3-2-4-6-15/h2-10,12,19H,1H3,(H,20,21)/b13-12+. The number of para-hydroxylation sites is 1. The van der Waals surface area contributed by atoms with Crippen LogP contribution >= 0.6 is 0 Å². The Labute approximate surface area is 128 Å². The van der Waals surface area contributed by atoms with Crippen molar-refractivity contribution in [1.82, 2.24) is 0 Å². The van der Waals surface area contributed by atoms with Gasteiger partial charge in [-0.25, -0.2) is 0 Å². The Morgan fingerprint density at radius 2 is 1.77 bits per heavy atom. The van der Waals surface area contributed by atoms with Crippen LogP contribution in [0.5, 0.6) is 5.75 Å². The van der Waals surface area contributed by atoms with E-state index in [9.17, 15) is 4.79 Å². The minimum Gasteiger partial charge on any atom is -0.497 e. The van der Waals surface area contributed by atoms with Crippen LogP contribution in [0.2, 0.25) is 0 Å². The zero-order chi connectivity index (χ0) is 15.8. The largest absolute Gasteiger partial charge is 0.497 e. The SMILES string of the molecule is COc1ccc(N/C=C(\C#N)C(=O)Nc2ccccc2)cc1. The summed E-state index contributed by atoms with van der Waals surface area (Å²) in [6.07, 6.45) is 1.38. The van der Waals surface area contributed by atoms with Crippen molar-refractivity contribution in [2.24, 2.45) is 0 Å². The monoisotopic (exact) mass is 293 g/mol. The number of rotatable bonds is 5. The van der Waals surface area contributed by atoms with Crippen molar-refractivity contribution in [2.45, 2.75) is 0 Å². The maximum Gasteiger partial charge on any atom is 0.267 e. The second-order valence-electron chi connectivity index (χ2n) is 4.36. The van der Waals surface area contributed by atoms with Gasteiger partial charge in [-0.15, -0.1) is 0 Å². The quantitative estimate of drug-likeness (QED) is 0.656. The van der Waals surface area contributed by atoms with Gasteiger partial charge in [0.15, 0.2) is 0 Å². The molecule has 0 unspecified atom stereocenters. The number of nitrogens with zero attached hydrogens (tertiary/aromatic N) is 1. The van der Waals surface area contributed by atoms with Crippen molar-refractivity contribution >= 4 is 17.3 Å². The van der Waals surface area contributed by atoms with Gasteiger partial charge in [0.05, 0.1) is 7.11 Å². The molecule has 0 aromatic heterocycles. The molecule has 110 valence electrons. The summed E-state index contributed by atoms with van der Waals surface area (Å²) < 4.78 is 5.06. The van der Waals surface area contributed by atoms with E-state index in [1.165, 1.54) is 6.20 Å². The van der Waals surface area contributed by atoms with Crippen molar-refractivity contribution in [2.75, 3.05) is 17.7 Å². The third-order valence-electron chi connectivity index (χ3n) is 2.87. The average Bonchev–Trinajstić information content (AvgIpc) is 2.57. The summed E-state index contributed by atoms with van der Waals surface area (Å²) in [5, 5.41) is 14.7. The number of benzene rings is 2. The van der Waals surface area contributed by atoms with Gasteiger partial charge < -0.3 is 15.4 Å². The smallest absolute Gasteiger partial charge is 0.267 e. The number of hydrogen-bond donors (Lipinski definition) is 2. The minimum absolute atomic E-state index is 0.0142. The molecule has 0 radical (unpaired) electrons. The average molecular weight is 293 g/mol. The molecule has 5 nitrogen and oxygen atoms in total. The number of anilines is 2. The number of nitrogens with one attached hydrogen (secondary N) is 2. The van der Waals surface area contributed by atoms with Crippen molar-refractivity contribution in [3.8, 4) is 11.8 Å². The molecule has 0 saturated carbocycles. The van der Waals surface area contributed by atoms with Crippen LogP contribution in [0.15, 0.2) is 66.4 Å². The molecule has 5 heteroatoms. The second kappa shape index (κ2) is 7.50. The molecule has 0 atom stereocenters. The first kappa shape index (κ1) is 15.1. The van der Waals surface area contributed by atoms with Crippen LogP contribution in [0, 0.1) is 11.3 Å². The van der Waals surface area contributed by atoms with E-state index >= 15 is 0 Å². The first-order valence-corrected chi connectivity index (χ1v) is 6.60. The zero-order valence-corrected chi connectivity index (χ0v) is 12.0. The topological polar surface area (TPSA) is 74.1 Å². The van der Waals surface area contributed by atoms with E-state index in [0.717, 1.165) is 11.4 Å². The van der Waals surface area contributed by atoms with Gasteiger partial charge in [0.25, 0.3) is 5.91 Å². The van der Waals surface area contributed by atoms with E-state index in [0.29, 0.717) is 5.69 Å². The summed E-state index contributed by atoms with van der Waals surface area (Å²) >= 11 is 0. The van der Waals surface area contributed by atoms with E-state index in [1.807, 2.05) is 12.1 Å². The van der Waals surface area contributed by atoms with Crippen molar-refractivity contribution in [3.05, 3.63) is 66.4 Å². The predicted molar refractivity (Wildman–Crippen MR) is 85.4 cm³/mol. The van der Waals surface area contributed by atoms with Gasteiger partial charge in [-0.1, -0.05) is 18.2 Å². The minimum atomic E-state index is -0.463. The molecule has 2 rings (SSSR count). The highest BCUT2D eigenvalue weighted by Gasteiger charge is 2.08. The highest BCUT2D eigenvalue weighted by atomic mass is 16.5. The molecule has 22 heavy (non-hydrogen) atoms.